The molecule has 1 atom stereocenters. The average Bonchev–Trinajstić information content (AvgIpc) is 2.64. The van der Waals surface area contributed by atoms with Crippen LogP contribution in [0.5, 0.6) is 5.75 Å². The minimum Gasteiger partial charge on any atom is -0.482 e. The number of carbonyl (C=O) groups is 3. The van der Waals surface area contributed by atoms with Gasteiger partial charge in [-0.3, -0.25) is 0 Å². The minimum absolute atomic E-state index is 0.163. The molecule has 1 heterocycles. The lowest BCUT2D eigenvalue weighted by atomic mass is 10.0. The summed E-state index contributed by atoms with van der Waals surface area (Å²) >= 11 is 0. The van der Waals surface area contributed by atoms with Gasteiger partial charge in [0.25, 0.3) is 0 Å². The highest BCUT2D eigenvalue weighted by Gasteiger charge is 2.30. The van der Waals surface area contributed by atoms with E-state index in [0.29, 0.717) is 11.3 Å². The van der Waals surface area contributed by atoms with Crippen LogP contribution in [0.25, 0.3) is 0 Å². The molecule has 0 saturated carbocycles. The van der Waals surface area contributed by atoms with Gasteiger partial charge in [0.15, 0.2) is 6.61 Å². The summed E-state index contributed by atoms with van der Waals surface area (Å²) in [6.45, 7) is 2.80. The third kappa shape index (κ3) is 5.47. The summed E-state index contributed by atoms with van der Waals surface area (Å²) in [5, 5.41) is 13.7. The van der Waals surface area contributed by atoms with E-state index in [1.165, 1.54) is 0 Å². The SMILES string of the molecule is CCOC(=O)C1=C(COC(=O)COc2ccc(C#N)cc2)NC(=O)N[C@H]1C. The van der Waals surface area contributed by atoms with Crippen LogP contribution >= 0.6 is 0 Å². The van der Waals surface area contributed by atoms with Gasteiger partial charge in [-0.1, -0.05) is 0 Å². The van der Waals surface area contributed by atoms with Gasteiger partial charge in [0, 0.05) is 0 Å². The molecule has 0 fully saturated rings. The Labute approximate surface area is 155 Å². The standard InChI is InChI=1S/C18H19N3O6/c1-3-25-17(23)16-11(2)20-18(24)21-14(16)9-27-15(22)10-26-13-6-4-12(8-19)5-7-13/h4-7,11H,3,9-10H2,1-2H3,(H2,20,21,24)/t11-/m0/s1. The number of nitrogens with one attached hydrogen (secondary N) is 2. The van der Waals surface area contributed by atoms with Crippen LogP contribution in [0.4, 0.5) is 4.79 Å². The van der Waals surface area contributed by atoms with Crippen molar-refractivity contribution in [3.63, 3.8) is 0 Å². The summed E-state index contributed by atoms with van der Waals surface area (Å²) in [4.78, 5) is 35.6. The summed E-state index contributed by atoms with van der Waals surface area (Å²) in [6.07, 6.45) is 0. The molecule has 0 spiro atoms. The van der Waals surface area contributed by atoms with Gasteiger partial charge >= 0.3 is 18.0 Å². The number of benzene rings is 1. The zero-order valence-electron chi connectivity index (χ0n) is 14.9. The van der Waals surface area contributed by atoms with Crippen molar-refractivity contribution in [1.82, 2.24) is 10.6 Å². The van der Waals surface area contributed by atoms with Crippen molar-refractivity contribution in [2.45, 2.75) is 19.9 Å². The van der Waals surface area contributed by atoms with Crippen molar-refractivity contribution < 1.29 is 28.6 Å². The molecule has 142 valence electrons. The number of hydrogen-bond acceptors (Lipinski definition) is 7. The minimum atomic E-state index is -0.685. The van der Waals surface area contributed by atoms with E-state index in [9.17, 15) is 14.4 Å². The van der Waals surface area contributed by atoms with Crippen molar-refractivity contribution >= 4 is 18.0 Å². The maximum absolute atomic E-state index is 12.1. The normalized spacial score (nSPS) is 15.9. The van der Waals surface area contributed by atoms with Crippen molar-refractivity contribution in [2.75, 3.05) is 19.8 Å². The maximum Gasteiger partial charge on any atom is 0.344 e. The molecule has 2 rings (SSSR count). The monoisotopic (exact) mass is 373 g/mol. The van der Waals surface area contributed by atoms with Gasteiger partial charge in [-0.15, -0.1) is 0 Å². The number of hydrogen-bond donors (Lipinski definition) is 2. The fourth-order valence-electron chi connectivity index (χ4n) is 2.36. The fourth-order valence-corrected chi connectivity index (χ4v) is 2.36. The molecule has 0 saturated heterocycles. The number of urea groups is 1. The van der Waals surface area contributed by atoms with E-state index >= 15 is 0 Å². The van der Waals surface area contributed by atoms with Gasteiger partial charge in [0.2, 0.25) is 0 Å². The highest BCUT2D eigenvalue weighted by atomic mass is 16.6. The Kier molecular flexibility index (Phi) is 6.77. The number of nitriles is 1. The second-order valence-electron chi connectivity index (χ2n) is 5.52. The van der Waals surface area contributed by atoms with Crippen LogP contribution in [0.1, 0.15) is 19.4 Å². The maximum atomic E-state index is 12.1. The van der Waals surface area contributed by atoms with E-state index in [1.807, 2.05) is 6.07 Å². The molecule has 1 aliphatic heterocycles. The molecule has 0 aliphatic carbocycles. The number of carbonyl (C=O) groups excluding carboxylic acids is 3. The van der Waals surface area contributed by atoms with Gasteiger partial charge in [0.05, 0.1) is 35.6 Å². The van der Waals surface area contributed by atoms with Gasteiger partial charge in [-0.25, -0.2) is 14.4 Å². The summed E-state index contributed by atoms with van der Waals surface area (Å²) in [6, 6.07) is 7.12. The van der Waals surface area contributed by atoms with Crippen LogP contribution in [0.2, 0.25) is 0 Å². The lowest BCUT2D eigenvalue weighted by molar-refractivity contribution is -0.145. The first-order chi connectivity index (χ1) is 12.9. The van der Waals surface area contributed by atoms with Crippen molar-refractivity contribution in [3.05, 3.63) is 41.1 Å². The lowest BCUT2D eigenvalue weighted by Crippen LogP contribution is -2.50. The lowest BCUT2D eigenvalue weighted by Gasteiger charge is -2.26. The van der Waals surface area contributed by atoms with Gasteiger partial charge in [0.1, 0.15) is 12.4 Å². The summed E-state index contributed by atoms with van der Waals surface area (Å²) in [5.74, 6) is -0.881. The molecule has 0 bridgehead atoms. The summed E-state index contributed by atoms with van der Waals surface area (Å²) < 4.78 is 15.3. The quantitative estimate of drug-likeness (QED) is 0.683. The topological polar surface area (TPSA) is 127 Å². The number of ether oxygens (including phenoxy) is 3. The molecule has 1 aromatic rings. The van der Waals surface area contributed by atoms with Crippen LogP contribution in [0.3, 0.4) is 0 Å². The number of nitrogens with zero attached hydrogens (tertiary/aromatic N) is 1. The van der Waals surface area contributed by atoms with E-state index in [0.717, 1.165) is 0 Å². The smallest absolute Gasteiger partial charge is 0.344 e. The second kappa shape index (κ2) is 9.24. The number of amides is 2. The molecule has 0 aromatic heterocycles. The van der Waals surface area contributed by atoms with Crippen LogP contribution in [-0.4, -0.2) is 43.8 Å². The van der Waals surface area contributed by atoms with Crippen LogP contribution in [0, 0.1) is 11.3 Å². The number of rotatable bonds is 7. The average molecular weight is 373 g/mol. The van der Waals surface area contributed by atoms with Crippen LogP contribution in [0.15, 0.2) is 35.5 Å². The molecule has 2 N–H and O–H groups in total. The Morgan fingerprint density at radius 1 is 1.22 bits per heavy atom. The first-order valence-electron chi connectivity index (χ1n) is 8.20. The third-order valence-electron chi connectivity index (χ3n) is 3.58. The zero-order chi connectivity index (χ0) is 19.8. The molecule has 0 radical (unpaired) electrons. The van der Waals surface area contributed by atoms with Gasteiger partial charge in [-0.05, 0) is 38.1 Å². The second-order valence-corrected chi connectivity index (χ2v) is 5.52. The zero-order valence-corrected chi connectivity index (χ0v) is 14.9. The van der Waals surface area contributed by atoms with Crippen LogP contribution < -0.4 is 15.4 Å². The Morgan fingerprint density at radius 2 is 1.93 bits per heavy atom. The third-order valence-corrected chi connectivity index (χ3v) is 3.58. The molecule has 0 unspecified atom stereocenters. The molecule has 27 heavy (non-hydrogen) atoms. The largest absolute Gasteiger partial charge is 0.482 e. The number of esters is 2. The van der Waals surface area contributed by atoms with Crippen molar-refractivity contribution in [1.29, 1.82) is 5.26 Å². The summed E-state index contributed by atoms with van der Waals surface area (Å²) in [7, 11) is 0. The Bertz CT molecular complexity index is 794. The first-order valence-corrected chi connectivity index (χ1v) is 8.20. The molecule has 9 nitrogen and oxygen atoms in total. The van der Waals surface area contributed by atoms with Gasteiger partial charge in [-0.2, -0.15) is 5.26 Å². The van der Waals surface area contributed by atoms with E-state index in [2.05, 4.69) is 10.6 Å². The van der Waals surface area contributed by atoms with E-state index in [1.54, 1.807) is 38.1 Å². The molecular weight excluding hydrogens is 354 g/mol. The highest BCUT2D eigenvalue weighted by Crippen LogP contribution is 2.15. The molecule has 1 aliphatic rings. The molecule has 9 heteroatoms. The van der Waals surface area contributed by atoms with E-state index in [-0.39, 0.29) is 31.1 Å². The van der Waals surface area contributed by atoms with Gasteiger partial charge < -0.3 is 24.8 Å². The van der Waals surface area contributed by atoms with E-state index < -0.39 is 24.0 Å². The Hall–Kier alpha value is -3.54. The highest BCUT2D eigenvalue weighted by molar-refractivity contribution is 5.94. The predicted octanol–water partition coefficient (Wildman–Crippen LogP) is 0.999. The van der Waals surface area contributed by atoms with Crippen LogP contribution in [-0.2, 0) is 19.1 Å². The molecule has 1 aromatic carbocycles. The van der Waals surface area contributed by atoms with Crippen molar-refractivity contribution in [2.24, 2.45) is 0 Å². The Balaban J connectivity index is 1.95. The fraction of sp³-hybridized carbons (Fsp3) is 0.333. The molecular formula is C18H19N3O6. The Morgan fingerprint density at radius 3 is 2.56 bits per heavy atom. The predicted molar refractivity (Wildman–Crippen MR) is 92.4 cm³/mol. The van der Waals surface area contributed by atoms with E-state index in [4.69, 9.17) is 19.5 Å². The van der Waals surface area contributed by atoms with Crippen molar-refractivity contribution in [3.8, 4) is 11.8 Å². The molecule has 2 amide bonds. The summed E-state index contributed by atoms with van der Waals surface area (Å²) in [5.41, 5.74) is 0.827. The first kappa shape index (κ1) is 19.8.